The number of benzene rings is 3. The maximum Gasteiger partial charge on any atom is 0.276 e. The minimum atomic E-state index is -0.181. The molecule has 3 aromatic carbocycles. The number of hydrogen-bond donors (Lipinski definition) is 1. The third-order valence-corrected chi connectivity index (χ3v) is 7.26. The van der Waals surface area contributed by atoms with Gasteiger partial charge in [-0.05, 0) is 108 Å². The Morgan fingerprint density at radius 2 is 1.68 bits per heavy atom. The first-order valence-electron chi connectivity index (χ1n) is 12.8. The van der Waals surface area contributed by atoms with E-state index < -0.39 is 0 Å². The molecule has 0 unspecified atom stereocenters. The molecule has 1 N–H and O–H groups in total. The van der Waals surface area contributed by atoms with Crippen molar-refractivity contribution < 1.29 is 23.7 Å². The summed E-state index contributed by atoms with van der Waals surface area (Å²) in [6.07, 6.45) is 2.39. The van der Waals surface area contributed by atoms with E-state index in [1.165, 1.54) is 0 Å². The Balaban J connectivity index is 1.45. The normalized spacial score (nSPS) is 13.9. The average molecular weight is 646 g/mol. The molecular weight excluding hydrogens is 616 g/mol. The van der Waals surface area contributed by atoms with Gasteiger partial charge in [-0.2, -0.15) is 0 Å². The summed E-state index contributed by atoms with van der Waals surface area (Å²) in [7, 11) is 1.61. The SMILES string of the molecule is CCOc1ccc(CCN2C(=O)/C(=C\c3ccc(OC)c(COc4ccc(Cl)cc4Br)c3)NC2=S)cc1OCC. The van der Waals surface area contributed by atoms with E-state index in [0.29, 0.717) is 65.0 Å². The van der Waals surface area contributed by atoms with Crippen molar-refractivity contribution in [3.63, 3.8) is 0 Å². The summed E-state index contributed by atoms with van der Waals surface area (Å²) < 4.78 is 23.6. The fourth-order valence-corrected chi connectivity index (χ4v) is 5.26. The summed E-state index contributed by atoms with van der Waals surface area (Å²) in [5.41, 5.74) is 3.06. The highest BCUT2D eigenvalue weighted by molar-refractivity contribution is 9.10. The van der Waals surface area contributed by atoms with Crippen LogP contribution in [0, 0.1) is 0 Å². The van der Waals surface area contributed by atoms with E-state index in [-0.39, 0.29) is 12.5 Å². The summed E-state index contributed by atoms with van der Waals surface area (Å²) in [6, 6.07) is 16.8. The maximum absolute atomic E-state index is 13.2. The van der Waals surface area contributed by atoms with Gasteiger partial charge in [0.15, 0.2) is 16.6 Å². The summed E-state index contributed by atoms with van der Waals surface area (Å²) in [4.78, 5) is 14.8. The van der Waals surface area contributed by atoms with Crippen molar-refractivity contribution in [1.29, 1.82) is 0 Å². The van der Waals surface area contributed by atoms with E-state index in [1.807, 2.05) is 50.2 Å². The van der Waals surface area contributed by atoms with Gasteiger partial charge in [0.1, 0.15) is 23.8 Å². The van der Waals surface area contributed by atoms with Gasteiger partial charge >= 0.3 is 0 Å². The van der Waals surface area contributed by atoms with Crippen LogP contribution in [0.2, 0.25) is 5.02 Å². The van der Waals surface area contributed by atoms with E-state index in [1.54, 1.807) is 36.3 Å². The monoisotopic (exact) mass is 644 g/mol. The first-order valence-corrected chi connectivity index (χ1v) is 14.4. The second kappa shape index (κ2) is 13.9. The van der Waals surface area contributed by atoms with Crippen molar-refractivity contribution in [1.82, 2.24) is 10.2 Å². The van der Waals surface area contributed by atoms with Crippen molar-refractivity contribution in [2.75, 3.05) is 26.9 Å². The molecule has 0 radical (unpaired) electrons. The lowest BCUT2D eigenvalue weighted by Gasteiger charge is -2.16. The lowest BCUT2D eigenvalue weighted by Crippen LogP contribution is -2.32. The first kappa shape index (κ1) is 29.7. The fraction of sp³-hybridized carbons (Fsp3) is 0.267. The van der Waals surface area contributed by atoms with Crippen LogP contribution in [-0.4, -0.2) is 42.8 Å². The molecule has 1 saturated heterocycles. The number of halogens is 2. The molecule has 1 fully saturated rings. The smallest absolute Gasteiger partial charge is 0.276 e. The van der Waals surface area contributed by atoms with Crippen molar-refractivity contribution in [3.8, 4) is 23.0 Å². The highest BCUT2D eigenvalue weighted by Gasteiger charge is 2.30. The summed E-state index contributed by atoms with van der Waals surface area (Å²) in [6.45, 7) is 5.65. The van der Waals surface area contributed by atoms with E-state index in [4.69, 9.17) is 42.8 Å². The number of amides is 1. The van der Waals surface area contributed by atoms with Crippen LogP contribution in [0.1, 0.15) is 30.5 Å². The highest BCUT2D eigenvalue weighted by atomic mass is 79.9. The van der Waals surface area contributed by atoms with Gasteiger partial charge in [0.2, 0.25) is 0 Å². The third-order valence-electron chi connectivity index (χ3n) is 6.09. The molecule has 0 saturated carbocycles. The van der Waals surface area contributed by atoms with Crippen molar-refractivity contribution in [2.45, 2.75) is 26.9 Å². The van der Waals surface area contributed by atoms with Gasteiger partial charge < -0.3 is 24.3 Å². The number of methoxy groups -OCH3 is 1. The van der Waals surface area contributed by atoms with Crippen LogP contribution >= 0.6 is 39.7 Å². The molecule has 40 heavy (non-hydrogen) atoms. The van der Waals surface area contributed by atoms with Crippen LogP contribution in [0.4, 0.5) is 0 Å². The van der Waals surface area contributed by atoms with Crippen LogP contribution in [0.25, 0.3) is 6.08 Å². The van der Waals surface area contributed by atoms with Gasteiger partial charge in [0, 0.05) is 17.1 Å². The summed E-state index contributed by atoms with van der Waals surface area (Å²) in [5, 5.41) is 4.04. The van der Waals surface area contributed by atoms with Crippen molar-refractivity contribution in [2.24, 2.45) is 0 Å². The van der Waals surface area contributed by atoms with Crippen LogP contribution in [0.3, 0.4) is 0 Å². The van der Waals surface area contributed by atoms with Gasteiger partial charge in [0.25, 0.3) is 5.91 Å². The van der Waals surface area contributed by atoms with Gasteiger partial charge in [0.05, 0.1) is 24.8 Å². The van der Waals surface area contributed by atoms with E-state index in [2.05, 4.69) is 21.2 Å². The van der Waals surface area contributed by atoms with Crippen LogP contribution in [0.5, 0.6) is 23.0 Å². The van der Waals surface area contributed by atoms with Crippen molar-refractivity contribution in [3.05, 3.63) is 86.5 Å². The zero-order chi connectivity index (χ0) is 28.6. The van der Waals surface area contributed by atoms with E-state index >= 15 is 0 Å². The fourth-order valence-electron chi connectivity index (χ4n) is 4.18. The lowest BCUT2D eigenvalue weighted by atomic mass is 10.1. The zero-order valence-corrected chi connectivity index (χ0v) is 25.6. The van der Waals surface area contributed by atoms with Gasteiger partial charge in [-0.1, -0.05) is 23.7 Å². The third kappa shape index (κ3) is 7.27. The van der Waals surface area contributed by atoms with Crippen molar-refractivity contribution >= 4 is 56.8 Å². The number of carbonyl (C=O) groups excluding carboxylic acids is 1. The quantitative estimate of drug-likeness (QED) is 0.172. The Morgan fingerprint density at radius 1 is 0.950 bits per heavy atom. The molecule has 1 amide bonds. The van der Waals surface area contributed by atoms with Gasteiger partial charge in [-0.25, -0.2) is 0 Å². The Hall–Kier alpha value is -3.27. The minimum Gasteiger partial charge on any atom is -0.496 e. The molecule has 1 heterocycles. The largest absolute Gasteiger partial charge is 0.496 e. The molecule has 0 spiro atoms. The standard InChI is InChI=1S/C30H30BrClN2O5S/c1-4-37-27-10-6-19(16-28(27)38-5-2)12-13-34-29(35)24(33-30(34)40)15-20-7-9-25(36-3)21(14-20)18-39-26-11-8-22(32)17-23(26)31/h6-11,14-17H,4-5,12-13,18H2,1-3H3,(H,33,40)/b24-15+. The summed E-state index contributed by atoms with van der Waals surface area (Å²) >= 11 is 15.0. The molecule has 1 aliphatic rings. The molecule has 3 aromatic rings. The van der Waals surface area contributed by atoms with Gasteiger partial charge in [-0.3, -0.25) is 9.69 Å². The number of nitrogens with zero attached hydrogens (tertiary/aromatic N) is 1. The Morgan fingerprint density at radius 3 is 2.40 bits per heavy atom. The number of nitrogens with one attached hydrogen (secondary N) is 1. The predicted molar refractivity (Wildman–Crippen MR) is 164 cm³/mol. The molecule has 210 valence electrons. The van der Waals surface area contributed by atoms with Crippen LogP contribution in [0.15, 0.2) is 64.8 Å². The number of ether oxygens (including phenoxy) is 4. The second-order valence-electron chi connectivity index (χ2n) is 8.78. The molecular formula is C30H30BrClN2O5S. The molecule has 4 rings (SSSR count). The average Bonchev–Trinajstić information content (AvgIpc) is 3.20. The number of thiocarbonyl (C=S) groups is 1. The molecule has 0 aromatic heterocycles. The molecule has 7 nitrogen and oxygen atoms in total. The molecule has 10 heteroatoms. The van der Waals surface area contributed by atoms with Crippen LogP contribution < -0.4 is 24.3 Å². The Bertz CT molecular complexity index is 1430. The van der Waals surface area contributed by atoms with E-state index in [9.17, 15) is 4.79 Å². The first-order chi connectivity index (χ1) is 19.3. The summed E-state index contributed by atoms with van der Waals surface area (Å²) in [5.74, 6) is 2.55. The Labute approximate surface area is 253 Å². The minimum absolute atomic E-state index is 0.181. The number of rotatable bonds is 12. The Kier molecular flexibility index (Phi) is 10.3. The van der Waals surface area contributed by atoms with Gasteiger partial charge in [-0.15, -0.1) is 0 Å². The van der Waals surface area contributed by atoms with E-state index in [0.717, 1.165) is 21.2 Å². The molecule has 0 atom stereocenters. The zero-order valence-electron chi connectivity index (χ0n) is 22.5. The lowest BCUT2D eigenvalue weighted by molar-refractivity contribution is -0.122. The molecule has 0 aliphatic carbocycles. The number of hydrogen-bond acceptors (Lipinski definition) is 6. The molecule has 1 aliphatic heterocycles. The maximum atomic E-state index is 13.2. The topological polar surface area (TPSA) is 69.3 Å². The number of carbonyl (C=O) groups is 1. The second-order valence-corrected chi connectivity index (χ2v) is 10.5. The molecule has 0 bridgehead atoms. The van der Waals surface area contributed by atoms with Crippen LogP contribution in [-0.2, 0) is 17.8 Å². The predicted octanol–water partition coefficient (Wildman–Crippen LogP) is 6.79. The highest BCUT2D eigenvalue weighted by Crippen LogP contribution is 2.31.